The first-order chi connectivity index (χ1) is 7.20. The molecule has 0 unspecified atom stereocenters. The third-order valence-corrected chi connectivity index (χ3v) is 2.07. The fourth-order valence-electron chi connectivity index (χ4n) is 1.40. The molecule has 15 heavy (non-hydrogen) atoms. The molecule has 2 heterocycles. The smallest absolute Gasteiger partial charge is 0.162 e. The summed E-state index contributed by atoms with van der Waals surface area (Å²) in [6, 6.07) is 5.57. The van der Waals surface area contributed by atoms with Gasteiger partial charge in [0.15, 0.2) is 11.5 Å². The molecule has 0 amide bonds. The van der Waals surface area contributed by atoms with Crippen molar-refractivity contribution in [2.24, 2.45) is 0 Å². The maximum absolute atomic E-state index is 8.73. The van der Waals surface area contributed by atoms with E-state index in [9.17, 15) is 0 Å². The lowest BCUT2D eigenvalue weighted by Crippen LogP contribution is -2.13. The van der Waals surface area contributed by atoms with Crippen molar-refractivity contribution in [2.45, 2.75) is 6.54 Å². The summed E-state index contributed by atoms with van der Waals surface area (Å²) >= 11 is 0. The summed E-state index contributed by atoms with van der Waals surface area (Å²) in [7, 11) is 3.95. The van der Waals surface area contributed by atoms with Crippen molar-refractivity contribution in [3.8, 4) is 6.07 Å². The molecule has 2 aromatic heterocycles. The van der Waals surface area contributed by atoms with Crippen LogP contribution in [0.5, 0.6) is 0 Å². The monoisotopic (exact) mass is 201 g/mol. The quantitative estimate of drug-likeness (QED) is 0.716. The van der Waals surface area contributed by atoms with Gasteiger partial charge in [-0.1, -0.05) is 0 Å². The number of nitrogens with zero attached hydrogens (tertiary/aromatic N) is 5. The van der Waals surface area contributed by atoms with Crippen LogP contribution < -0.4 is 0 Å². The van der Waals surface area contributed by atoms with Crippen LogP contribution in [-0.4, -0.2) is 33.6 Å². The molecule has 0 saturated carbocycles. The molecule has 5 heteroatoms. The van der Waals surface area contributed by atoms with Crippen LogP contribution in [-0.2, 0) is 6.54 Å². The summed E-state index contributed by atoms with van der Waals surface area (Å²) in [5.74, 6) is 0.875. The minimum Gasteiger partial charge on any atom is -0.302 e. The molecular formula is C10H11N5. The zero-order valence-electron chi connectivity index (χ0n) is 8.68. The average Bonchev–Trinajstić information content (AvgIpc) is 2.60. The Morgan fingerprint density at radius 3 is 2.93 bits per heavy atom. The van der Waals surface area contributed by atoms with Crippen LogP contribution in [0.4, 0.5) is 0 Å². The molecule has 0 fully saturated rings. The van der Waals surface area contributed by atoms with Crippen LogP contribution in [0, 0.1) is 11.3 Å². The lowest BCUT2D eigenvalue weighted by atomic mass is 10.3. The van der Waals surface area contributed by atoms with Gasteiger partial charge in [0.05, 0.1) is 18.2 Å². The highest BCUT2D eigenvalue weighted by Gasteiger charge is 2.06. The van der Waals surface area contributed by atoms with Crippen molar-refractivity contribution in [3.63, 3.8) is 0 Å². The second-order valence-corrected chi connectivity index (χ2v) is 3.61. The summed E-state index contributed by atoms with van der Waals surface area (Å²) in [5, 5.41) is 16.8. The van der Waals surface area contributed by atoms with Gasteiger partial charge in [0, 0.05) is 12.3 Å². The molecule has 0 atom stereocenters. The van der Waals surface area contributed by atoms with Gasteiger partial charge < -0.3 is 4.90 Å². The third-order valence-electron chi connectivity index (χ3n) is 2.07. The molecule has 0 aliphatic rings. The second kappa shape index (κ2) is 3.67. The van der Waals surface area contributed by atoms with Gasteiger partial charge in [0.25, 0.3) is 0 Å². The molecule has 0 radical (unpaired) electrons. The second-order valence-electron chi connectivity index (χ2n) is 3.61. The van der Waals surface area contributed by atoms with E-state index in [1.807, 2.05) is 29.6 Å². The van der Waals surface area contributed by atoms with Crippen molar-refractivity contribution in [2.75, 3.05) is 14.1 Å². The summed E-state index contributed by atoms with van der Waals surface area (Å²) in [5.41, 5.74) is 1.32. The van der Waals surface area contributed by atoms with Gasteiger partial charge in [0.2, 0.25) is 0 Å². The number of aromatic nitrogens is 3. The predicted molar refractivity (Wildman–Crippen MR) is 55.1 cm³/mol. The Labute approximate surface area is 87.6 Å². The molecule has 0 N–H and O–H groups in total. The van der Waals surface area contributed by atoms with Gasteiger partial charge in [-0.15, -0.1) is 10.2 Å². The van der Waals surface area contributed by atoms with Gasteiger partial charge in [0.1, 0.15) is 0 Å². The molecule has 0 saturated heterocycles. The molecule has 0 bridgehead atoms. The maximum atomic E-state index is 8.73. The van der Waals surface area contributed by atoms with Crippen molar-refractivity contribution < 1.29 is 0 Å². The van der Waals surface area contributed by atoms with Crippen LogP contribution in [0.3, 0.4) is 0 Å². The number of hydrogen-bond donors (Lipinski definition) is 0. The first-order valence-electron chi connectivity index (χ1n) is 4.59. The van der Waals surface area contributed by atoms with E-state index >= 15 is 0 Å². The minimum atomic E-state index is 0.603. The summed E-state index contributed by atoms with van der Waals surface area (Å²) in [6.45, 7) is 0.729. The Kier molecular flexibility index (Phi) is 2.35. The molecule has 2 aromatic rings. The molecule has 76 valence electrons. The highest BCUT2D eigenvalue weighted by atomic mass is 15.3. The van der Waals surface area contributed by atoms with Crippen molar-refractivity contribution in [1.82, 2.24) is 19.5 Å². The minimum absolute atomic E-state index is 0.603. The van der Waals surface area contributed by atoms with Crippen LogP contribution in [0.15, 0.2) is 18.3 Å². The first kappa shape index (κ1) is 9.62. The Morgan fingerprint density at radius 2 is 2.27 bits per heavy atom. The van der Waals surface area contributed by atoms with Crippen molar-refractivity contribution in [1.29, 1.82) is 5.26 Å². The van der Waals surface area contributed by atoms with E-state index in [0.717, 1.165) is 12.4 Å². The first-order valence-corrected chi connectivity index (χ1v) is 4.59. The lowest BCUT2D eigenvalue weighted by molar-refractivity contribution is 0.388. The topological polar surface area (TPSA) is 57.2 Å². The van der Waals surface area contributed by atoms with Gasteiger partial charge >= 0.3 is 0 Å². The van der Waals surface area contributed by atoms with E-state index < -0.39 is 0 Å². The normalized spacial score (nSPS) is 10.8. The number of fused-ring (bicyclic) bond motifs is 1. The van der Waals surface area contributed by atoms with E-state index in [1.54, 1.807) is 12.1 Å². The Morgan fingerprint density at radius 1 is 1.47 bits per heavy atom. The van der Waals surface area contributed by atoms with Crippen LogP contribution >= 0.6 is 0 Å². The molecule has 2 rings (SSSR count). The van der Waals surface area contributed by atoms with Gasteiger partial charge in [-0.2, -0.15) is 5.26 Å². The molecule has 0 aliphatic carbocycles. The molecule has 0 aromatic carbocycles. The van der Waals surface area contributed by atoms with Crippen LogP contribution in [0.2, 0.25) is 0 Å². The zero-order chi connectivity index (χ0) is 10.8. The Balaban J connectivity index is 2.48. The zero-order valence-corrected chi connectivity index (χ0v) is 8.68. The van der Waals surface area contributed by atoms with Crippen molar-refractivity contribution >= 4 is 5.65 Å². The summed E-state index contributed by atoms with van der Waals surface area (Å²) < 4.78 is 1.89. The SMILES string of the molecule is CN(C)Cc1nnc2cc(C#N)ccn12. The lowest BCUT2D eigenvalue weighted by Gasteiger charge is -2.06. The van der Waals surface area contributed by atoms with Gasteiger partial charge in [-0.3, -0.25) is 4.40 Å². The highest BCUT2D eigenvalue weighted by molar-refractivity contribution is 5.45. The third kappa shape index (κ3) is 1.80. The van der Waals surface area contributed by atoms with Crippen LogP contribution in [0.1, 0.15) is 11.4 Å². The standard InChI is InChI=1S/C10H11N5/c1-14(2)7-10-13-12-9-5-8(6-11)3-4-15(9)10/h3-5H,7H2,1-2H3. The van der Waals surface area contributed by atoms with E-state index in [-0.39, 0.29) is 0 Å². The Bertz CT molecular complexity index is 520. The fraction of sp³-hybridized carbons (Fsp3) is 0.300. The van der Waals surface area contributed by atoms with E-state index in [1.165, 1.54) is 0 Å². The summed E-state index contributed by atoms with van der Waals surface area (Å²) in [6.07, 6.45) is 1.83. The molecule has 0 aliphatic heterocycles. The number of nitriles is 1. The molecule has 5 nitrogen and oxygen atoms in total. The molecule has 0 spiro atoms. The summed E-state index contributed by atoms with van der Waals surface area (Å²) in [4.78, 5) is 2.02. The maximum Gasteiger partial charge on any atom is 0.162 e. The number of hydrogen-bond acceptors (Lipinski definition) is 4. The van der Waals surface area contributed by atoms with Gasteiger partial charge in [-0.25, -0.2) is 0 Å². The average molecular weight is 201 g/mol. The van der Waals surface area contributed by atoms with Gasteiger partial charge in [-0.05, 0) is 20.2 Å². The highest BCUT2D eigenvalue weighted by Crippen LogP contribution is 2.07. The largest absolute Gasteiger partial charge is 0.302 e. The Hall–Kier alpha value is -1.93. The number of pyridine rings is 1. The van der Waals surface area contributed by atoms with E-state index in [4.69, 9.17) is 5.26 Å². The van der Waals surface area contributed by atoms with Crippen molar-refractivity contribution in [3.05, 3.63) is 29.7 Å². The number of rotatable bonds is 2. The van der Waals surface area contributed by atoms with E-state index in [2.05, 4.69) is 16.3 Å². The fourth-order valence-corrected chi connectivity index (χ4v) is 1.40. The van der Waals surface area contributed by atoms with Crippen LogP contribution in [0.25, 0.3) is 5.65 Å². The predicted octanol–water partition coefficient (Wildman–Crippen LogP) is 0.663. The molecular weight excluding hydrogens is 190 g/mol. The van der Waals surface area contributed by atoms with E-state index in [0.29, 0.717) is 11.2 Å².